The third kappa shape index (κ3) is 28.2. The molecular weight excluding hydrogens is 675 g/mol. The second-order valence-electron chi connectivity index (χ2n) is 12.7. The van der Waals surface area contributed by atoms with E-state index in [1.807, 2.05) is 28.1 Å². The van der Waals surface area contributed by atoms with E-state index >= 15 is 0 Å². The number of rotatable bonds is 27. The Hall–Kier alpha value is -1.34. The molecule has 0 spiro atoms. The van der Waals surface area contributed by atoms with Crippen LogP contribution in [0, 0.1) is 0 Å². The van der Waals surface area contributed by atoms with Crippen molar-refractivity contribution in [3.8, 4) is 0 Å². The first kappa shape index (κ1) is 44.8. The molecule has 11 heteroatoms. The van der Waals surface area contributed by atoms with E-state index in [-0.39, 0.29) is 43.7 Å². The van der Waals surface area contributed by atoms with Gasteiger partial charge in [-0.15, -0.1) is 0 Å². The van der Waals surface area contributed by atoms with Crippen LogP contribution in [0.4, 0.5) is 14.4 Å². The Balaban J connectivity index is 0. The highest BCUT2D eigenvalue weighted by molar-refractivity contribution is 5.90. The quantitative estimate of drug-likeness (QED) is 0.0741. The maximum Gasteiger partial charge on any atom is 0.418 e. The van der Waals surface area contributed by atoms with Crippen LogP contribution in [0.25, 0.3) is 0 Å². The van der Waals surface area contributed by atoms with Crippen LogP contribution in [-0.2, 0) is 14.2 Å². The number of nitrogens with zero attached hydrogens (tertiary/aromatic N) is 2. The molecule has 0 aromatic rings. The van der Waals surface area contributed by atoms with Crippen molar-refractivity contribution in [2.24, 2.45) is 0 Å². The average Bonchev–Trinajstić information content (AvgIpc) is 2.97. The fraction of sp³-hybridized carbons (Fsp3) is 0.909. The third-order valence-electron chi connectivity index (χ3n) is 7.41. The molecule has 44 heavy (non-hydrogen) atoms. The van der Waals surface area contributed by atoms with Gasteiger partial charge >= 0.3 is 18.2 Å². The Bertz CT molecular complexity index is 708. The molecule has 4 amide bonds. The zero-order valence-corrected chi connectivity index (χ0v) is 31.2. The normalized spacial score (nSPS) is 11.8. The summed E-state index contributed by atoms with van der Waals surface area (Å²) in [6, 6.07) is -0.487. The number of nitrogens with one attached hydrogen (secondary N) is 2. The zero-order valence-electron chi connectivity index (χ0n) is 29.1. The molecule has 0 aliphatic rings. The molecule has 0 aliphatic heterocycles. The molecule has 0 bridgehead atoms. The summed E-state index contributed by atoms with van der Waals surface area (Å²) in [5.74, 6) is 0. The number of unbranched alkanes of at least 4 members (excludes halogenated alkanes) is 15. The summed E-state index contributed by atoms with van der Waals surface area (Å²) in [4.78, 5) is 38.3. The van der Waals surface area contributed by atoms with Gasteiger partial charge in [-0.3, -0.25) is 0 Å². The van der Waals surface area contributed by atoms with E-state index in [1.54, 1.807) is 0 Å². The van der Waals surface area contributed by atoms with Gasteiger partial charge in [0.1, 0.15) is 19.3 Å². The van der Waals surface area contributed by atoms with E-state index in [0.717, 1.165) is 24.2 Å². The zero-order chi connectivity index (χ0) is 32.2. The second kappa shape index (κ2) is 30.3. The van der Waals surface area contributed by atoms with Crippen LogP contribution in [0.15, 0.2) is 0 Å². The molecular formula is C33H67IN4O6. The molecule has 0 rings (SSSR count). The number of imide groups is 1. The molecule has 10 nitrogen and oxygen atoms in total. The van der Waals surface area contributed by atoms with Gasteiger partial charge in [0.2, 0.25) is 0 Å². The molecule has 2 N–H and O–H groups in total. The predicted octanol–water partition coefficient (Wildman–Crippen LogP) is 4.26. The van der Waals surface area contributed by atoms with Gasteiger partial charge in [0.15, 0.2) is 0 Å². The maximum absolute atomic E-state index is 12.7. The second-order valence-corrected chi connectivity index (χ2v) is 12.7. The molecule has 0 radical (unpaired) electrons. The Morgan fingerprint density at radius 2 is 1.14 bits per heavy atom. The summed E-state index contributed by atoms with van der Waals surface area (Å²) in [6.45, 7) is 5.84. The average molecular weight is 743 g/mol. The van der Waals surface area contributed by atoms with Crippen molar-refractivity contribution < 1.29 is 57.1 Å². The van der Waals surface area contributed by atoms with E-state index in [1.165, 1.54) is 97.0 Å². The number of halogens is 1. The number of carbonyl (C=O) groups is 3. The van der Waals surface area contributed by atoms with Gasteiger partial charge in [0.05, 0.1) is 34.2 Å². The standard InChI is InChI=1S/C33H66N4O6.HI/c1-7-9-10-11-12-13-14-15-16-17-18-19-20-21-22-23-25-35-32(39)42-28-30(41-6)29-43-33(40)36(26-27-37(3,4)5)31(38)34-24-8-2;/h30H,7-29H2,1-6H3,(H-,34,35,38,39);1H. The first-order chi connectivity index (χ1) is 20.6. The van der Waals surface area contributed by atoms with Gasteiger partial charge in [0, 0.05) is 20.2 Å². The van der Waals surface area contributed by atoms with E-state index in [2.05, 4.69) is 17.6 Å². The molecule has 0 fully saturated rings. The minimum Gasteiger partial charge on any atom is -1.00 e. The summed E-state index contributed by atoms with van der Waals surface area (Å²) in [5.41, 5.74) is 0. The van der Waals surface area contributed by atoms with Crippen molar-refractivity contribution in [1.82, 2.24) is 15.5 Å². The van der Waals surface area contributed by atoms with Crippen LogP contribution in [0.3, 0.4) is 0 Å². The van der Waals surface area contributed by atoms with Crippen LogP contribution < -0.4 is 34.6 Å². The number of carbonyl (C=O) groups excluding carboxylic acids is 3. The number of hydrogen-bond donors (Lipinski definition) is 2. The summed E-state index contributed by atoms with van der Waals surface area (Å²) in [5, 5.41) is 5.49. The number of quaternary nitrogens is 1. The fourth-order valence-corrected chi connectivity index (χ4v) is 4.51. The summed E-state index contributed by atoms with van der Waals surface area (Å²) < 4.78 is 16.5. The van der Waals surface area contributed by atoms with Crippen molar-refractivity contribution >= 4 is 18.2 Å². The Labute approximate surface area is 286 Å². The van der Waals surface area contributed by atoms with Crippen LogP contribution in [0.1, 0.15) is 123 Å². The monoisotopic (exact) mass is 742 g/mol. The number of alkyl carbamates (subject to hydrolysis) is 1. The van der Waals surface area contributed by atoms with Crippen molar-refractivity contribution in [3.05, 3.63) is 0 Å². The molecule has 0 aliphatic carbocycles. The Kier molecular flexibility index (Phi) is 30.9. The smallest absolute Gasteiger partial charge is 0.418 e. The minimum absolute atomic E-state index is 0. The molecule has 0 saturated carbocycles. The molecule has 0 aromatic heterocycles. The maximum atomic E-state index is 12.7. The largest absolute Gasteiger partial charge is 1.00 e. The predicted molar refractivity (Wildman–Crippen MR) is 174 cm³/mol. The number of urea groups is 1. The van der Waals surface area contributed by atoms with Gasteiger partial charge in [-0.05, 0) is 12.8 Å². The fourth-order valence-electron chi connectivity index (χ4n) is 4.51. The Morgan fingerprint density at radius 1 is 0.659 bits per heavy atom. The van der Waals surface area contributed by atoms with Gasteiger partial charge in [-0.2, -0.15) is 0 Å². The summed E-state index contributed by atoms with van der Waals surface area (Å²) in [6.07, 6.45) is 19.8. The lowest BCUT2D eigenvalue weighted by Gasteiger charge is -2.28. The topological polar surface area (TPSA) is 106 Å². The first-order valence-electron chi connectivity index (χ1n) is 17.1. The number of ether oxygens (including phenoxy) is 3. The SMILES string of the molecule is CCCCCCCCCCCCCCCCCCNC(=O)OCC(COC(=O)N(CC[N+](C)(C)C)C(=O)NCCC)OC.[I-]. The minimum atomic E-state index is -0.753. The van der Waals surface area contributed by atoms with Crippen molar-refractivity contribution in [1.29, 1.82) is 0 Å². The van der Waals surface area contributed by atoms with Gasteiger partial charge < -0.3 is 53.3 Å². The molecule has 0 saturated heterocycles. The number of methoxy groups -OCH3 is 1. The van der Waals surface area contributed by atoms with Crippen molar-refractivity contribution in [2.75, 3.05) is 67.6 Å². The molecule has 1 atom stereocenters. The van der Waals surface area contributed by atoms with Gasteiger partial charge in [0.25, 0.3) is 0 Å². The van der Waals surface area contributed by atoms with Crippen LogP contribution in [0.2, 0.25) is 0 Å². The van der Waals surface area contributed by atoms with E-state index < -0.39 is 24.3 Å². The highest BCUT2D eigenvalue weighted by atomic mass is 127. The lowest BCUT2D eigenvalue weighted by atomic mass is 10.0. The van der Waals surface area contributed by atoms with Crippen molar-refractivity contribution in [2.45, 2.75) is 129 Å². The summed E-state index contributed by atoms with van der Waals surface area (Å²) >= 11 is 0. The lowest BCUT2D eigenvalue weighted by Crippen LogP contribution is -3.00. The highest BCUT2D eigenvalue weighted by Crippen LogP contribution is 2.13. The molecule has 0 aromatic carbocycles. The molecule has 0 heterocycles. The third-order valence-corrected chi connectivity index (χ3v) is 7.41. The van der Waals surface area contributed by atoms with Crippen LogP contribution in [-0.4, -0.2) is 101 Å². The number of likely N-dealkylation sites (N-methyl/N-ethyl adjacent to an activating group) is 1. The van der Waals surface area contributed by atoms with E-state index in [9.17, 15) is 14.4 Å². The van der Waals surface area contributed by atoms with Crippen LogP contribution in [0.5, 0.6) is 0 Å². The lowest BCUT2D eigenvalue weighted by molar-refractivity contribution is -0.869. The van der Waals surface area contributed by atoms with E-state index in [0.29, 0.717) is 24.1 Å². The Morgan fingerprint density at radius 3 is 1.59 bits per heavy atom. The molecule has 1 unspecified atom stereocenters. The molecule has 262 valence electrons. The van der Waals surface area contributed by atoms with Crippen LogP contribution >= 0.6 is 0 Å². The highest BCUT2D eigenvalue weighted by Gasteiger charge is 2.26. The van der Waals surface area contributed by atoms with E-state index in [4.69, 9.17) is 14.2 Å². The summed E-state index contributed by atoms with van der Waals surface area (Å²) in [7, 11) is 7.41. The van der Waals surface area contributed by atoms with Gasteiger partial charge in [-0.25, -0.2) is 19.3 Å². The first-order valence-corrected chi connectivity index (χ1v) is 17.1. The number of hydrogen-bond acceptors (Lipinski definition) is 6. The van der Waals surface area contributed by atoms with Crippen molar-refractivity contribution in [3.63, 3.8) is 0 Å². The number of amides is 4. The van der Waals surface area contributed by atoms with Gasteiger partial charge in [-0.1, -0.05) is 110 Å².